The molecule has 0 bridgehead atoms. The number of morpholine rings is 1. The first-order valence-corrected chi connectivity index (χ1v) is 15.5. The average Bonchev–Trinajstić information content (AvgIpc) is 3.54. The minimum absolute atomic E-state index is 0.0606. The molecule has 5 rings (SSSR count). The van der Waals surface area contributed by atoms with Crippen LogP contribution in [-0.2, 0) is 4.74 Å². The highest BCUT2D eigenvalue weighted by Gasteiger charge is 2.17. The fraction of sp³-hybridized carbons (Fsp3) is 0.281. The number of halogens is 2. The number of nitrogens with zero attached hydrogens (tertiary/aromatic N) is 4. The molecule has 1 aliphatic rings. The van der Waals surface area contributed by atoms with Gasteiger partial charge in [0.2, 0.25) is 11.8 Å². The molecule has 3 heterocycles. The second-order valence-corrected chi connectivity index (χ2v) is 11.5. The number of H-pyrrole nitrogens is 1. The summed E-state index contributed by atoms with van der Waals surface area (Å²) in [5, 5.41) is 18.4. The van der Waals surface area contributed by atoms with Crippen molar-refractivity contribution < 1.29 is 19.1 Å². The number of nitrogens with one attached hydrogen (secondary N) is 5. The number of hydrogen-bond donors (Lipinski definition) is 5. The molecule has 244 valence electrons. The molecule has 0 spiro atoms. The number of carbonyl (C=O) groups is 2. The summed E-state index contributed by atoms with van der Waals surface area (Å²) in [5.74, 6) is 3.47. The van der Waals surface area contributed by atoms with E-state index in [1.165, 1.54) is 12.3 Å². The van der Waals surface area contributed by atoms with Gasteiger partial charge in [0, 0.05) is 67.0 Å². The van der Waals surface area contributed by atoms with E-state index in [4.69, 9.17) is 39.1 Å². The van der Waals surface area contributed by atoms with Gasteiger partial charge in [-0.15, -0.1) is 6.42 Å². The minimum atomic E-state index is -0.549. The van der Waals surface area contributed by atoms with Crippen LogP contribution in [-0.4, -0.2) is 76.4 Å². The van der Waals surface area contributed by atoms with Crippen LogP contribution in [0.2, 0.25) is 10.0 Å². The van der Waals surface area contributed by atoms with E-state index >= 15 is 0 Å². The third kappa shape index (κ3) is 9.11. The van der Waals surface area contributed by atoms with Crippen molar-refractivity contribution in [1.29, 1.82) is 0 Å². The molecular weight excluding hydrogens is 645 g/mol. The van der Waals surface area contributed by atoms with Gasteiger partial charge in [-0.2, -0.15) is 10.1 Å². The molecule has 0 saturated carbocycles. The van der Waals surface area contributed by atoms with Crippen LogP contribution in [0.4, 0.5) is 27.9 Å². The Labute approximate surface area is 281 Å². The lowest BCUT2D eigenvalue weighted by Crippen LogP contribution is -2.41. The van der Waals surface area contributed by atoms with Crippen molar-refractivity contribution in [2.24, 2.45) is 0 Å². The van der Waals surface area contributed by atoms with Gasteiger partial charge in [-0.25, -0.2) is 9.78 Å². The van der Waals surface area contributed by atoms with E-state index in [0.717, 1.165) is 25.3 Å². The summed E-state index contributed by atoms with van der Waals surface area (Å²) in [4.78, 5) is 36.3. The number of aromatic nitrogens is 4. The van der Waals surface area contributed by atoms with Gasteiger partial charge in [-0.05, 0) is 36.2 Å². The van der Waals surface area contributed by atoms with Crippen molar-refractivity contribution >= 4 is 58.3 Å². The van der Waals surface area contributed by atoms with Gasteiger partial charge in [0.05, 0.1) is 23.9 Å². The Morgan fingerprint density at radius 3 is 2.66 bits per heavy atom. The summed E-state index contributed by atoms with van der Waals surface area (Å²) in [7, 11) is 0. The second kappa shape index (κ2) is 15.6. The van der Waals surface area contributed by atoms with Crippen LogP contribution in [0, 0.1) is 12.3 Å². The third-order valence-corrected chi connectivity index (χ3v) is 7.90. The first-order valence-electron chi connectivity index (χ1n) is 14.8. The lowest BCUT2D eigenvalue weighted by Gasteiger charge is -2.26. The van der Waals surface area contributed by atoms with Crippen molar-refractivity contribution in [2.45, 2.75) is 19.8 Å². The minimum Gasteiger partial charge on any atom is -0.437 e. The Morgan fingerprint density at radius 2 is 1.91 bits per heavy atom. The monoisotopic (exact) mass is 677 g/mol. The second-order valence-electron chi connectivity index (χ2n) is 10.8. The highest BCUT2D eigenvalue weighted by Crippen LogP contribution is 2.39. The van der Waals surface area contributed by atoms with Gasteiger partial charge in [0.1, 0.15) is 10.8 Å². The number of carbonyl (C=O) groups excluding carboxylic acids is 2. The van der Waals surface area contributed by atoms with Gasteiger partial charge < -0.3 is 25.4 Å². The number of benzene rings is 2. The number of rotatable bonds is 11. The Morgan fingerprint density at radius 1 is 1.11 bits per heavy atom. The van der Waals surface area contributed by atoms with Crippen molar-refractivity contribution in [3.05, 3.63) is 75.5 Å². The van der Waals surface area contributed by atoms with Crippen LogP contribution in [0.15, 0.2) is 48.7 Å². The third-order valence-electron chi connectivity index (χ3n) is 7.04. The molecule has 2 aromatic heterocycles. The maximum Gasteiger partial charge on any atom is 0.324 e. The summed E-state index contributed by atoms with van der Waals surface area (Å²) >= 11 is 12.9. The van der Waals surface area contributed by atoms with Crippen molar-refractivity contribution in [2.75, 3.05) is 55.3 Å². The summed E-state index contributed by atoms with van der Waals surface area (Å²) < 4.78 is 11.3. The molecule has 47 heavy (non-hydrogen) atoms. The molecule has 13 nitrogen and oxygen atoms in total. The number of terminal acetylenes is 1. The van der Waals surface area contributed by atoms with Crippen LogP contribution in [0.1, 0.15) is 41.4 Å². The predicted octanol–water partition coefficient (Wildman–Crippen LogP) is 5.85. The zero-order valence-electron chi connectivity index (χ0n) is 25.7. The van der Waals surface area contributed by atoms with Gasteiger partial charge in [0.25, 0.3) is 5.91 Å². The van der Waals surface area contributed by atoms with Crippen LogP contribution < -0.4 is 26.0 Å². The molecular formula is C32H33Cl2N9O4. The topological polar surface area (TPSA) is 158 Å². The fourth-order valence-electron chi connectivity index (χ4n) is 4.54. The van der Waals surface area contributed by atoms with Gasteiger partial charge in [0.15, 0.2) is 5.82 Å². The molecule has 0 atom stereocenters. The quantitative estimate of drug-likeness (QED) is 0.123. The van der Waals surface area contributed by atoms with Crippen molar-refractivity contribution in [3.8, 4) is 24.0 Å². The zero-order chi connectivity index (χ0) is 33.3. The lowest BCUT2D eigenvalue weighted by molar-refractivity contribution is 0.0383. The lowest BCUT2D eigenvalue weighted by atomic mass is 10.1. The van der Waals surface area contributed by atoms with Crippen LogP contribution in [0.25, 0.3) is 0 Å². The normalized spacial score (nSPS) is 13.1. The van der Waals surface area contributed by atoms with E-state index in [2.05, 4.69) is 52.3 Å². The molecule has 0 radical (unpaired) electrons. The van der Waals surface area contributed by atoms with Crippen LogP contribution >= 0.6 is 23.2 Å². The highest BCUT2D eigenvalue weighted by molar-refractivity contribution is 6.45. The van der Waals surface area contributed by atoms with Crippen LogP contribution in [0.5, 0.6) is 11.6 Å². The molecule has 0 aliphatic carbocycles. The first-order chi connectivity index (χ1) is 22.7. The number of aromatic amines is 1. The van der Waals surface area contributed by atoms with E-state index in [1.54, 1.807) is 36.4 Å². The average molecular weight is 679 g/mol. The Bertz CT molecular complexity index is 1780. The van der Waals surface area contributed by atoms with E-state index in [-0.39, 0.29) is 45.1 Å². The van der Waals surface area contributed by atoms with Gasteiger partial charge >= 0.3 is 6.03 Å². The van der Waals surface area contributed by atoms with Gasteiger partial charge in [-0.3, -0.25) is 20.1 Å². The van der Waals surface area contributed by atoms with E-state index in [1.807, 2.05) is 13.8 Å². The molecule has 2 aromatic carbocycles. The van der Waals surface area contributed by atoms with E-state index in [0.29, 0.717) is 42.4 Å². The molecule has 1 aliphatic heterocycles. The number of ether oxygens (including phenoxy) is 2. The first kappa shape index (κ1) is 33.5. The Hall–Kier alpha value is -4.87. The molecule has 15 heteroatoms. The largest absolute Gasteiger partial charge is 0.437 e. The molecule has 5 N–H and O–H groups in total. The molecule has 3 amide bonds. The summed E-state index contributed by atoms with van der Waals surface area (Å²) in [6, 6.07) is 10.8. The number of hydrogen-bond acceptors (Lipinski definition) is 9. The molecule has 1 fully saturated rings. The zero-order valence-corrected chi connectivity index (χ0v) is 27.2. The van der Waals surface area contributed by atoms with Gasteiger partial charge in [-0.1, -0.05) is 43.0 Å². The standard InChI is InChI=1S/C32H33Cl2N9O4/c1-4-20-15-21(30(44)35-9-10-43-11-13-46-14-12-43)17-22(16-20)37-31-36-8-7-27(40-31)47-25-6-5-23(28(33)29(25)34)38-32(45)39-26-18-24(19(2)3)41-42-26/h1,5-8,15-19H,9-14H2,2-3H3,(H,35,44)(H,36,37,40)(H3,38,39,41,42,45). The predicted molar refractivity (Wildman–Crippen MR) is 181 cm³/mol. The molecule has 4 aromatic rings. The number of amides is 3. The van der Waals surface area contributed by atoms with Crippen molar-refractivity contribution in [1.82, 2.24) is 30.4 Å². The number of anilines is 4. The number of urea groups is 1. The smallest absolute Gasteiger partial charge is 0.324 e. The Kier molecular flexibility index (Phi) is 11.1. The fourth-order valence-corrected chi connectivity index (χ4v) is 4.95. The Balaban J connectivity index is 1.21. The van der Waals surface area contributed by atoms with Crippen LogP contribution in [0.3, 0.4) is 0 Å². The highest BCUT2D eigenvalue weighted by atomic mass is 35.5. The maximum atomic E-state index is 12.9. The van der Waals surface area contributed by atoms with Crippen molar-refractivity contribution in [3.63, 3.8) is 0 Å². The van der Waals surface area contributed by atoms with E-state index in [9.17, 15) is 9.59 Å². The maximum absolute atomic E-state index is 12.9. The molecule has 0 unspecified atom stereocenters. The summed E-state index contributed by atoms with van der Waals surface area (Å²) in [6.07, 6.45) is 7.15. The SMILES string of the molecule is C#Cc1cc(Nc2nccc(Oc3ccc(NC(=O)Nc4cc(C(C)C)[nH]n4)c(Cl)c3Cl)n2)cc(C(=O)NCCN2CCOCC2)c1. The molecule has 1 saturated heterocycles. The van der Waals surface area contributed by atoms with E-state index < -0.39 is 6.03 Å². The summed E-state index contributed by atoms with van der Waals surface area (Å²) in [5.41, 5.74) is 2.57. The summed E-state index contributed by atoms with van der Waals surface area (Å²) in [6.45, 7) is 8.30.